The molecule has 2 saturated carbocycles. The van der Waals surface area contributed by atoms with Gasteiger partial charge in [0.15, 0.2) is 0 Å². The first-order valence-electron chi connectivity index (χ1n) is 17.1. The van der Waals surface area contributed by atoms with Crippen LogP contribution in [0.2, 0.25) is 5.02 Å². The normalized spacial score (nSPS) is 35.1. The molecule has 2 aromatic carbocycles. The van der Waals surface area contributed by atoms with E-state index in [2.05, 4.69) is 37.5 Å². The third kappa shape index (κ3) is 6.83. The van der Waals surface area contributed by atoms with Crippen molar-refractivity contribution < 1.29 is 27.7 Å². The van der Waals surface area contributed by atoms with Crippen molar-refractivity contribution in [2.45, 2.75) is 75.6 Å². The number of rotatable bonds is 3. The zero-order valence-electron chi connectivity index (χ0n) is 27.5. The lowest BCUT2D eigenvalue weighted by Crippen LogP contribution is -2.49. The van der Waals surface area contributed by atoms with Crippen LogP contribution in [0.25, 0.3) is 0 Å². The number of anilines is 1. The summed E-state index contributed by atoms with van der Waals surface area (Å²) in [5, 5.41) is 3.23. The second-order valence-corrected chi connectivity index (χ2v) is 16.8. The number of aryl methyl sites for hydroxylation is 1. The minimum atomic E-state index is -3.56. The molecule has 2 N–H and O–H groups in total. The number of allylic oxidation sites excluding steroid dienone is 1. The second kappa shape index (κ2) is 13.3. The number of urea groups is 1. The van der Waals surface area contributed by atoms with Crippen molar-refractivity contribution in [1.29, 1.82) is 0 Å². The maximum atomic E-state index is 14.2. The number of amides is 3. The van der Waals surface area contributed by atoms with E-state index in [0.29, 0.717) is 37.2 Å². The summed E-state index contributed by atoms with van der Waals surface area (Å²) < 4.78 is 46.9. The highest BCUT2D eigenvalue weighted by Gasteiger charge is 2.44. The van der Waals surface area contributed by atoms with Gasteiger partial charge in [-0.05, 0) is 97.7 Å². The van der Waals surface area contributed by atoms with E-state index in [1.807, 2.05) is 19.1 Å². The Balaban J connectivity index is 1.28. The van der Waals surface area contributed by atoms with Gasteiger partial charge >= 0.3 is 6.03 Å². The number of nitrogens with one attached hydrogen (secondary N) is 2. The first kappa shape index (κ1) is 33.4. The van der Waals surface area contributed by atoms with Gasteiger partial charge < -0.3 is 19.7 Å². The molecule has 2 fully saturated rings. The number of hydrogen-bond acceptors (Lipinski definition) is 6. The standard InChI is InChI=1S/C36H44ClFN4O5S/c1-22-5-3-7-32(46-2)27-11-8-25(27)18-42-20-36(14-4-6-23-15-26(37)10-12-28(23)36)21-47-33-13-9-24(16-31(33)42)34(43)40-48(45,19-22)41-35(44)39-30-17-29(30)38/h3,7,9-10,12-13,15-16,22,25,27,29-30,32H,4-6,8,11,14,17-21H2,1-2H3,(H2,39,40,41,43,44,45)/b7-3+/t22-,25-,27+,29+,30+,32-,36-,48?/m0/s1. The minimum Gasteiger partial charge on any atom is -0.490 e. The molecule has 3 aliphatic carbocycles. The van der Waals surface area contributed by atoms with Crippen LogP contribution in [0, 0.1) is 17.8 Å². The summed E-state index contributed by atoms with van der Waals surface area (Å²) >= 11 is 6.43. The maximum Gasteiger partial charge on any atom is 0.327 e. The summed E-state index contributed by atoms with van der Waals surface area (Å²) in [5.41, 5.74) is 3.30. The first-order valence-corrected chi connectivity index (χ1v) is 19.1. The zero-order chi connectivity index (χ0) is 33.6. The Bertz CT molecular complexity index is 1750. The van der Waals surface area contributed by atoms with E-state index in [4.69, 9.17) is 21.1 Å². The van der Waals surface area contributed by atoms with Crippen molar-refractivity contribution in [2.75, 3.05) is 37.5 Å². The van der Waals surface area contributed by atoms with Crippen LogP contribution in [0.3, 0.4) is 0 Å². The van der Waals surface area contributed by atoms with Gasteiger partial charge in [-0.2, -0.15) is 0 Å². The van der Waals surface area contributed by atoms with Crippen LogP contribution >= 0.6 is 11.6 Å². The van der Waals surface area contributed by atoms with Gasteiger partial charge in [0.05, 0.1) is 30.2 Å². The fourth-order valence-corrected chi connectivity index (χ4v) is 10.1. The molecule has 2 heterocycles. The zero-order valence-corrected chi connectivity index (χ0v) is 29.0. The Labute approximate surface area is 287 Å². The van der Waals surface area contributed by atoms with Crippen LogP contribution in [0.1, 0.15) is 66.9 Å². The van der Waals surface area contributed by atoms with E-state index >= 15 is 0 Å². The fourth-order valence-electron chi connectivity index (χ4n) is 8.02. The Morgan fingerprint density at radius 2 is 2.06 bits per heavy atom. The average molecular weight is 699 g/mol. The fraction of sp³-hybridized carbons (Fsp3) is 0.556. The van der Waals surface area contributed by atoms with Gasteiger partial charge in [0.2, 0.25) is 0 Å². The summed E-state index contributed by atoms with van der Waals surface area (Å²) in [5.74, 6) is 0.472. The first-order chi connectivity index (χ1) is 23.0. The molecular formula is C36H44ClFN4O5S. The van der Waals surface area contributed by atoms with Crippen molar-refractivity contribution in [3.8, 4) is 5.75 Å². The van der Waals surface area contributed by atoms with Gasteiger partial charge in [0.25, 0.3) is 5.91 Å². The molecule has 12 heteroatoms. The summed E-state index contributed by atoms with van der Waals surface area (Å²) in [7, 11) is -1.81. The lowest BCUT2D eigenvalue weighted by Gasteiger charge is -2.46. The van der Waals surface area contributed by atoms with Gasteiger partial charge in [-0.1, -0.05) is 36.7 Å². The van der Waals surface area contributed by atoms with E-state index in [0.717, 1.165) is 49.4 Å². The van der Waals surface area contributed by atoms with E-state index in [9.17, 15) is 18.2 Å². The number of carbonyl (C=O) groups excluding carboxylic acids is 2. The molecular weight excluding hydrogens is 655 g/mol. The highest BCUT2D eigenvalue weighted by molar-refractivity contribution is 7.92. The van der Waals surface area contributed by atoms with Crippen LogP contribution in [-0.2, 0) is 26.5 Å². The lowest BCUT2D eigenvalue weighted by molar-refractivity contribution is 0.0131. The average Bonchev–Trinajstić information content (AvgIpc) is 3.75. The molecule has 0 saturated heterocycles. The van der Waals surface area contributed by atoms with Gasteiger partial charge in [-0.3, -0.25) is 9.52 Å². The third-order valence-electron chi connectivity index (χ3n) is 10.8. The summed E-state index contributed by atoms with van der Waals surface area (Å²) in [6, 6.07) is 10.0. The number of ether oxygens (including phenoxy) is 2. The lowest BCUT2D eigenvalue weighted by atomic mass is 9.68. The van der Waals surface area contributed by atoms with Gasteiger partial charge in [-0.25, -0.2) is 13.4 Å². The number of methoxy groups -OCH3 is 1. The highest BCUT2D eigenvalue weighted by atomic mass is 35.5. The van der Waals surface area contributed by atoms with E-state index in [1.165, 1.54) is 11.1 Å². The highest BCUT2D eigenvalue weighted by Crippen LogP contribution is 2.47. The van der Waals surface area contributed by atoms with E-state index < -0.39 is 34.1 Å². The molecule has 1 unspecified atom stereocenters. The van der Waals surface area contributed by atoms with Crippen molar-refractivity contribution in [1.82, 2.24) is 10.0 Å². The Kier molecular flexibility index (Phi) is 9.23. The number of hydrogen-bond donors (Lipinski definition) is 2. The van der Waals surface area contributed by atoms with Gasteiger partial charge in [-0.15, -0.1) is 4.36 Å². The maximum absolute atomic E-state index is 14.2. The largest absolute Gasteiger partial charge is 0.490 e. The molecule has 8 atom stereocenters. The van der Waals surface area contributed by atoms with Crippen molar-refractivity contribution in [3.05, 3.63) is 70.3 Å². The molecule has 0 radical (unpaired) electrons. The SMILES string of the molecule is CO[C@H]1/C=C/C[C@H](C)CS(=O)(NC(=O)N[C@@H]2C[C@H]2F)=NC(=O)c2ccc3c(c2)N(C[C@@H]2CC[C@H]21)C[C@@]1(CCCc2cc(Cl)ccc21)CO3. The smallest absolute Gasteiger partial charge is 0.327 e. The number of nitrogens with zero attached hydrogens (tertiary/aromatic N) is 2. The molecule has 2 aromatic rings. The van der Waals surface area contributed by atoms with Crippen molar-refractivity contribution >= 4 is 39.1 Å². The summed E-state index contributed by atoms with van der Waals surface area (Å²) in [4.78, 5) is 28.9. The molecule has 5 aliphatic rings. The monoisotopic (exact) mass is 698 g/mol. The number of halogens is 2. The molecule has 7 rings (SSSR count). The summed E-state index contributed by atoms with van der Waals surface area (Å²) in [6.45, 7) is 3.86. The molecule has 3 amide bonds. The van der Waals surface area contributed by atoms with Crippen molar-refractivity contribution in [2.24, 2.45) is 22.1 Å². The predicted octanol–water partition coefficient (Wildman–Crippen LogP) is 6.38. The van der Waals surface area contributed by atoms with Crippen LogP contribution < -0.4 is 19.7 Å². The van der Waals surface area contributed by atoms with Crippen LogP contribution in [0.5, 0.6) is 5.75 Å². The Morgan fingerprint density at radius 3 is 2.81 bits per heavy atom. The third-order valence-corrected chi connectivity index (χ3v) is 13.0. The molecule has 0 aromatic heterocycles. The second-order valence-electron chi connectivity index (χ2n) is 14.4. The molecule has 2 aliphatic heterocycles. The van der Waals surface area contributed by atoms with E-state index in [-0.39, 0.29) is 35.2 Å². The van der Waals surface area contributed by atoms with Crippen LogP contribution in [0.4, 0.5) is 14.9 Å². The van der Waals surface area contributed by atoms with Crippen LogP contribution in [-0.4, -0.2) is 67.0 Å². The molecule has 9 nitrogen and oxygen atoms in total. The molecule has 2 bridgehead atoms. The molecule has 48 heavy (non-hydrogen) atoms. The Hall–Kier alpha value is -3.15. The predicted molar refractivity (Wildman–Crippen MR) is 185 cm³/mol. The van der Waals surface area contributed by atoms with Crippen LogP contribution in [0.15, 0.2) is 52.9 Å². The molecule has 258 valence electrons. The Morgan fingerprint density at radius 1 is 1.23 bits per heavy atom. The van der Waals surface area contributed by atoms with Gasteiger partial charge in [0, 0.05) is 42.6 Å². The summed E-state index contributed by atoms with van der Waals surface area (Å²) in [6.07, 6.45) is 8.79. The van der Waals surface area contributed by atoms with E-state index in [1.54, 1.807) is 25.3 Å². The van der Waals surface area contributed by atoms with Crippen molar-refractivity contribution in [3.63, 3.8) is 0 Å². The number of benzene rings is 2. The number of fused-ring (bicyclic) bond motifs is 4. The van der Waals surface area contributed by atoms with Gasteiger partial charge in [0.1, 0.15) is 21.8 Å². The topological polar surface area (TPSA) is 109 Å². The number of alkyl halides is 1. The quantitative estimate of drug-likeness (QED) is 0.360. The minimum absolute atomic E-state index is 0.0456. The molecule has 1 spiro atoms. The number of carbonyl (C=O) groups is 2.